The molecular formula is C19H25FN6. The van der Waals surface area contributed by atoms with Crippen molar-refractivity contribution in [3.63, 3.8) is 0 Å². The highest BCUT2D eigenvalue weighted by Gasteiger charge is 2.18. The van der Waals surface area contributed by atoms with Gasteiger partial charge in [0.05, 0.1) is 12.2 Å². The zero-order chi connectivity index (χ0) is 18.5. The van der Waals surface area contributed by atoms with Gasteiger partial charge in [-0.05, 0) is 36.4 Å². The lowest BCUT2D eigenvalue weighted by Crippen LogP contribution is -2.51. The number of nitrogens with two attached hydrogens (primary N) is 1. The average Bonchev–Trinajstić information content (AvgIpc) is 2.67. The quantitative estimate of drug-likeness (QED) is 0.670. The van der Waals surface area contributed by atoms with Crippen LogP contribution in [0, 0.1) is 5.82 Å². The lowest BCUT2D eigenvalue weighted by Gasteiger charge is -2.36. The molecule has 7 heteroatoms. The number of hydrogen-bond donors (Lipinski definition) is 1. The second-order valence-electron chi connectivity index (χ2n) is 6.51. The molecule has 1 aliphatic heterocycles. The predicted octanol–water partition coefficient (Wildman–Crippen LogP) is 1.92. The van der Waals surface area contributed by atoms with Crippen LogP contribution in [0.5, 0.6) is 0 Å². The fourth-order valence-corrected chi connectivity index (χ4v) is 2.91. The summed E-state index contributed by atoms with van der Waals surface area (Å²) in [6, 6.07) is 12.5. The highest BCUT2D eigenvalue weighted by atomic mass is 19.1. The summed E-state index contributed by atoms with van der Waals surface area (Å²) in [5, 5.41) is 0. The third-order valence-electron chi connectivity index (χ3n) is 4.45. The van der Waals surface area contributed by atoms with Gasteiger partial charge < -0.3 is 20.4 Å². The average molecular weight is 356 g/mol. The first kappa shape index (κ1) is 18.0. The van der Waals surface area contributed by atoms with Gasteiger partial charge in [0.15, 0.2) is 5.96 Å². The largest absolute Gasteiger partial charge is 0.370 e. The van der Waals surface area contributed by atoms with Crippen LogP contribution in [0.3, 0.4) is 0 Å². The van der Waals surface area contributed by atoms with Gasteiger partial charge >= 0.3 is 0 Å². The Hall–Kier alpha value is -2.83. The fraction of sp³-hybridized carbons (Fsp3) is 0.368. The molecule has 138 valence electrons. The minimum atomic E-state index is -0.212. The Labute approximate surface area is 153 Å². The van der Waals surface area contributed by atoms with Crippen molar-refractivity contribution in [2.75, 3.05) is 50.1 Å². The third kappa shape index (κ3) is 4.41. The summed E-state index contributed by atoms with van der Waals surface area (Å²) >= 11 is 0. The summed E-state index contributed by atoms with van der Waals surface area (Å²) < 4.78 is 13.0. The molecular weight excluding hydrogens is 331 g/mol. The van der Waals surface area contributed by atoms with Crippen molar-refractivity contribution in [2.24, 2.45) is 10.7 Å². The number of nitrogens with zero attached hydrogens (tertiary/aromatic N) is 5. The zero-order valence-electron chi connectivity index (χ0n) is 15.3. The maximum absolute atomic E-state index is 13.0. The van der Waals surface area contributed by atoms with Crippen molar-refractivity contribution < 1.29 is 4.39 Å². The Balaban J connectivity index is 1.56. The number of anilines is 2. The van der Waals surface area contributed by atoms with Crippen molar-refractivity contribution in [3.8, 4) is 0 Å². The second kappa shape index (κ2) is 8.03. The van der Waals surface area contributed by atoms with Crippen molar-refractivity contribution in [1.29, 1.82) is 0 Å². The minimum Gasteiger partial charge on any atom is -0.370 e. The first-order valence-corrected chi connectivity index (χ1v) is 8.71. The van der Waals surface area contributed by atoms with Gasteiger partial charge in [0.2, 0.25) is 0 Å². The Bertz CT molecular complexity index is 751. The highest BCUT2D eigenvalue weighted by molar-refractivity contribution is 5.78. The normalized spacial score (nSPS) is 15.3. The lowest BCUT2D eigenvalue weighted by molar-refractivity contribution is 0.380. The number of aliphatic imine (C=N–C) groups is 1. The van der Waals surface area contributed by atoms with E-state index in [0.717, 1.165) is 43.4 Å². The molecule has 3 rings (SSSR count). The number of aromatic nitrogens is 1. The molecule has 0 unspecified atom stereocenters. The third-order valence-corrected chi connectivity index (χ3v) is 4.45. The van der Waals surface area contributed by atoms with Crippen molar-refractivity contribution >= 4 is 17.5 Å². The van der Waals surface area contributed by atoms with E-state index >= 15 is 0 Å². The van der Waals surface area contributed by atoms with Gasteiger partial charge in [-0.2, -0.15) is 0 Å². The molecule has 6 nitrogen and oxygen atoms in total. The van der Waals surface area contributed by atoms with E-state index in [0.29, 0.717) is 12.5 Å². The van der Waals surface area contributed by atoms with Crippen LogP contribution < -0.4 is 15.5 Å². The number of halogens is 1. The molecule has 0 aliphatic carbocycles. The lowest BCUT2D eigenvalue weighted by atomic mass is 10.2. The van der Waals surface area contributed by atoms with E-state index < -0.39 is 0 Å². The summed E-state index contributed by atoms with van der Waals surface area (Å²) in [6.45, 7) is 3.70. The fourth-order valence-electron chi connectivity index (χ4n) is 2.91. The van der Waals surface area contributed by atoms with Crippen molar-refractivity contribution in [1.82, 2.24) is 9.88 Å². The Morgan fingerprint density at radius 3 is 2.46 bits per heavy atom. The van der Waals surface area contributed by atoms with Gasteiger partial charge in [-0.3, -0.25) is 0 Å². The van der Waals surface area contributed by atoms with Gasteiger partial charge in [-0.1, -0.05) is 6.07 Å². The summed E-state index contributed by atoms with van der Waals surface area (Å²) in [6.07, 6.45) is 0. The van der Waals surface area contributed by atoms with E-state index in [-0.39, 0.29) is 5.82 Å². The maximum Gasteiger partial charge on any atom is 0.191 e. The molecule has 0 saturated carbocycles. The molecule has 1 aromatic carbocycles. The number of rotatable bonds is 4. The molecule has 0 spiro atoms. The van der Waals surface area contributed by atoms with E-state index in [1.54, 1.807) is 0 Å². The summed E-state index contributed by atoms with van der Waals surface area (Å²) in [4.78, 5) is 15.3. The van der Waals surface area contributed by atoms with Gasteiger partial charge in [0.1, 0.15) is 11.6 Å². The van der Waals surface area contributed by atoms with Crippen LogP contribution in [0.1, 0.15) is 5.69 Å². The molecule has 1 saturated heterocycles. The number of guanidine groups is 1. The Morgan fingerprint density at radius 2 is 1.81 bits per heavy atom. The highest BCUT2D eigenvalue weighted by Crippen LogP contribution is 2.17. The topological polar surface area (TPSA) is 61.0 Å². The molecule has 0 amide bonds. The van der Waals surface area contributed by atoms with E-state index in [1.807, 2.05) is 49.3 Å². The van der Waals surface area contributed by atoms with Crippen LogP contribution in [-0.4, -0.2) is 56.1 Å². The van der Waals surface area contributed by atoms with Gasteiger partial charge in [-0.25, -0.2) is 14.4 Å². The van der Waals surface area contributed by atoms with Crippen LogP contribution in [0.25, 0.3) is 0 Å². The second-order valence-corrected chi connectivity index (χ2v) is 6.51. The predicted molar refractivity (Wildman–Crippen MR) is 104 cm³/mol. The SMILES string of the molecule is CN(C)c1cccc(CN=C(N)N2CCN(c3ccc(F)cc3)CC2)n1. The molecule has 0 bridgehead atoms. The summed E-state index contributed by atoms with van der Waals surface area (Å²) in [7, 11) is 3.93. The molecule has 1 aliphatic rings. The minimum absolute atomic E-state index is 0.212. The van der Waals surface area contributed by atoms with Crippen LogP contribution in [0.15, 0.2) is 47.5 Å². The van der Waals surface area contributed by atoms with Gasteiger partial charge in [0, 0.05) is 46.0 Å². The van der Waals surface area contributed by atoms with E-state index in [2.05, 4.69) is 19.8 Å². The summed E-state index contributed by atoms with van der Waals surface area (Å²) in [5.41, 5.74) is 8.09. The zero-order valence-corrected chi connectivity index (χ0v) is 15.3. The molecule has 1 fully saturated rings. The van der Waals surface area contributed by atoms with E-state index in [9.17, 15) is 4.39 Å². The monoisotopic (exact) mass is 356 g/mol. The Morgan fingerprint density at radius 1 is 1.12 bits per heavy atom. The smallest absolute Gasteiger partial charge is 0.191 e. The van der Waals surface area contributed by atoms with Crippen molar-refractivity contribution in [2.45, 2.75) is 6.54 Å². The molecule has 2 N–H and O–H groups in total. The Kier molecular flexibility index (Phi) is 5.55. The van der Waals surface area contributed by atoms with Crippen LogP contribution in [-0.2, 0) is 6.54 Å². The molecule has 2 aromatic rings. The van der Waals surface area contributed by atoms with Gasteiger partial charge in [0.25, 0.3) is 0 Å². The van der Waals surface area contributed by atoms with Crippen LogP contribution in [0.4, 0.5) is 15.9 Å². The first-order valence-electron chi connectivity index (χ1n) is 8.71. The number of piperazine rings is 1. The van der Waals surface area contributed by atoms with Gasteiger partial charge in [-0.15, -0.1) is 0 Å². The molecule has 0 radical (unpaired) electrons. The number of hydrogen-bond acceptors (Lipinski definition) is 4. The standard InChI is InChI=1S/C19H25FN6/c1-24(2)18-5-3-4-16(23-18)14-22-19(21)26-12-10-25(11-13-26)17-8-6-15(20)7-9-17/h3-9H,10-14H2,1-2H3,(H2,21,22). The molecule has 1 aromatic heterocycles. The van der Waals surface area contributed by atoms with E-state index in [1.165, 1.54) is 12.1 Å². The molecule has 26 heavy (non-hydrogen) atoms. The summed E-state index contributed by atoms with van der Waals surface area (Å²) in [5.74, 6) is 1.24. The van der Waals surface area contributed by atoms with Crippen molar-refractivity contribution in [3.05, 3.63) is 54.0 Å². The molecule has 2 heterocycles. The van der Waals surface area contributed by atoms with E-state index in [4.69, 9.17) is 5.73 Å². The van der Waals surface area contributed by atoms with Crippen LogP contribution in [0.2, 0.25) is 0 Å². The number of pyridine rings is 1. The van der Waals surface area contributed by atoms with Crippen LogP contribution >= 0.6 is 0 Å². The first-order chi connectivity index (χ1) is 12.5. The number of benzene rings is 1. The maximum atomic E-state index is 13.0. The molecule has 0 atom stereocenters.